The largest absolute Gasteiger partial charge is 0.481 e. The number of hydrogen-bond acceptors (Lipinski definition) is 4. The molecule has 1 fully saturated rings. The average Bonchev–Trinajstić information content (AvgIpc) is 2.76. The summed E-state index contributed by atoms with van der Waals surface area (Å²) in [6.07, 6.45) is 1.97. The monoisotopic (exact) mass is 287 g/mol. The summed E-state index contributed by atoms with van der Waals surface area (Å²) in [5.74, 6) is -0.794. The number of aromatic nitrogens is 2. The second kappa shape index (κ2) is 4.93. The van der Waals surface area contributed by atoms with Gasteiger partial charge < -0.3 is 10.1 Å². The Morgan fingerprint density at radius 1 is 1.58 bits per heavy atom. The zero-order valence-corrected chi connectivity index (χ0v) is 11.6. The number of rotatable bonds is 3. The second-order valence-corrected chi connectivity index (χ2v) is 6.72. The summed E-state index contributed by atoms with van der Waals surface area (Å²) < 4.78 is 26.1. The van der Waals surface area contributed by atoms with Crippen molar-refractivity contribution in [3.8, 4) is 0 Å². The third-order valence-electron chi connectivity index (χ3n) is 3.43. The molecule has 1 saturated heterocycles. The van der Waals surface area contributed by atoms with E-state index in [0.29, 0.717) is 18.7 Å². The summed E-state index contributed by atoms with van der Waals surface area (Å²) in [7, 11) is -3.62. The maximum absolute atomic E-state index is 12.4. The highest BCUT2D eigenvalue weighted by Crippen LogP contribution is 2.27. The predicted molar refractivity (Wildman–Crippen MR) is 67.0 cm³/mol. The molecule has 2 unspecified atom stereocenters. The minimum atomic E-state index is -3.62. The molecule has 0 amide bonds. The molecule has 1 aliphatic rings. The third-order valence-corrected chi connectivity index (χ3v) is 5.35. The molecule has 8 heteroatoms. The first-order chi connectivity index (χ1) is 8.82. The van der Waals surface area contributed by atoms with Crippen LogP contribution in [0.4, 0.5) is 0 Å². The Bertz CT molecular complexity index is 581. The van der Waals surface area contributed by atoms with Gasteiger partial charge in [0.25, 0.3) is 10.0 Å². The standard InChI is InChI=1S/C11H17N3O4S/c1-7-5-9(11(15)16)3-4-14(7)19(17,18)10-6-12-8(2)13-10/h6-7,9H,3-5H2,1-2H3,(H,12,13)(H,15,16). The summed E-state index contributed by atoms with van der Waals surface area (Å²) in [5.41, 5.74) is 0. The second-order valence-electron chi connectivity index (χ2n) is 4.86. The van der Waals surface area contributed by atoms with Crippen molar-refractivity contribution >= 4 is 16.0 Å². The van der Waals surface area contributed by atoms with E-state index < -0.39 is 21.9 Å². The van der Waals surface area contributed by atoms with E-state index in [2.05, 4.69) is 9.97 Å². The van der Waals surface area contributed by atoms with Crippen LogP contribution in [0.2, 0.25) is 0 Å². The van der Waals surface area contributed by atoms with E-state index in [9.17, 15) is 13.2 Å². The summed E-state index contributed by atoms with van der Waals surface area (Å²) in [6, 6.07) is -0.330. The number of piperidine rings is 1. The molecule has 0 radical (unpaired) electrons. The van der Waals surface area contributed by atoms with Crippen LogP contribution in [-0.2, 0) is 14.8 Å². The van der Waals surface area contributed by atoms with Crippen molar-refractivity contribution in [1.82, 2.24) is 14.3 Å². The number of sulfonamides is 1. The van der Waals surface area contributed by atoms with Crippen molar-refractivity contribution < 1.29 is 18.3 Å². The van der Waals surface area contributed by atoms with Gasteiger partial charge in [-0.05, 0) is 26.7 Å². The number of aromatic amines is 1. The van der Waals surface area contributed by atoms with E-state index in [-0.39, 0.29) is 17.6 Å². The first-order valence-electron chi connectivity index (χ1n) is 6.08. The van der Waals surface area contributed by atoms with E-state index in [1.54, 1.807) is 13.8 Å². The maximum atomic E-state index is 12.4. The Labute approximate surface area is 111 Å². The smallest absolute Gasteiger partial charge is 0.306 e. The van der Waals surface area contributed by atoms with Gasteiger partial charge in [-0.15, -0.1) is 0 Å². The topological polar surface area (TPSA) is 103 Å². The minimum absolute atomic E-state index is 0.0608. The van der Waals surface area contributed by atoms with Gasteiger partial charge in [0.1, 0.15) is 5.82 Å². The lowest BCUT2D eigenvalue weighted by molar-refractivity contribution is -0.143. The van der Waals surface area contributed by atoms with Gasteiger partial charge >= 0.3 is 5.97 Å². The fourth-order valence-electron chi connectivity index (χ4n) is 2.39. The Morgan fingerprint density at radius 2 is 2.26 bits per heavy atom. The van der Waals surface area contributed by atoms with E-state index in [0.717, 1.165) is 0 Å². The number of aliphatic carboxylic acids is 1. The number of imidazole rings is 1. The number of aryl methyl sites for hydroxylation is 1. The number of H-pyrrole nitrogens is 1. The normalized spacial score (nSPS) is 25.4. The van der Waals surface area contributed by atoms with Gasteiger partial charge in [0.05, 0.1) is 12.1 Å². The Morgan fingerprint density at radius 3 is 2.74 bits per heavy atom. The van der Waals surface area contributed by atoms with Gasteiger partial charge in [0.15, 0.2) is 5.03 Å². The molecular formula is C11H17N3O4S. The van der Waals surface area contributed by atoms with E-state index in [1.165, 1.54) is 10.5 Å². The van der Waals surface area contributed by atoms with Crippen LogP contribution in [0.15, 0.2) is 11.2 Å². The molecule has 0 bridgehead atoms. The molecule has 1 aromatic rings. The molecule has 19 heavy (non-hydrogen) atoms. The molecule has 106 valence electrons. The van der Waals surface area contributed by atoms with Gasteiger partial charge in [0, 0.05) is 12.6 Å². The summed E-state index contributed by atoms with van der Waals surface area (Å²) in [5, 5.41) is 9.04. The Kier molecular flexibility index (Phi) is 3.64. The average molecular weight is 287 g/mol. The molecule has 1 aromatic heterocycles. The predicted octanol–water partition coefficient (Wildman–Crippen LogP) is 0.592. The summed E-state index contributed by atoms with van der Waals surface area (Å²) >= 11 is 0. The van der Waals surface area contributed by atoms with Crippen LogP contribution >= 0.6 is 0 Å². The van der Waals surface area contributed by atoms with Crippen molar-refractivity contribution in [1.29, 1.82) is 0 Å². The number of nitrogens with one attached hydrogen (secondary N) is 1. The van der Waals surface area contributed by atoms with Gasteiger partial charge in [-0.3, -0.25) is 4.79 Å². The molecule has 7 nitrogen and oxygen atoms in total. The fraction of sp³-hybridized carbons (Fsp3) is 0.636. The Balaban J connectivity index is 2.21. The van der Waals surface area contributed by atoms with E-state index in [1.807, 2.05) is 0 Å². The van der Waals surface area contributed by atoms with E-state index in [4.69, 9.17) is 5.11 Å². The highest BCUT2D eigenvalue weighted by atomic mass is 32.2. The van der Waals surface area contributed by atoms with Crippen molar-refractivity contribution in [3.63, 3.8) is 0 Å². The van der Waals surface area contributed by atoms with Gasteiger partial charge in [-0.1, -0.05) is 0 Å². The lowest BCUT2D eigenvalue weighted by Gasteiger charge is -2.34. The highest BCUT2D eigenvalue weighted by molar-refractivity contribution is 7.89. The van der Waals surface area contributed by atoms with Crippen LogP contribution in [0.5, 0.6) is 0 Å². The third kappa shape index (κ3) is 2.64. The van der Waals surface area contributed by atoms with Crippen molar-refractivity contribution in [2.24, 2.45) is 5.92 Å². The SMILES string of the molecule is Cc1ncc(S(=O)(=O)N2CCC(C(=O)O)CC2C)[nH]1. The van der Waals surface area contributed by atoms with Gasteiger partial charge in [-0.25, -0.2) is 13.4 Å². The summed E-state index contributed by atoms with van der Waals surface area (Å²) in [4.78, 5) is 17.5. The zero-order chi connectivity index (χ0) is 14.2. The van der Waals surface area contributed by atoms with Crippen molar-refractivity contribution in [3.05, 3.63) is 12.0 Å². The quantitative estimate of drug-likeness (QED) is 0.847. The molecule has 0 aliphatic carbocycles. The fourth-order valence-corrected chi connectivity index (χ4v) is 4.01. The lowest BCUT2D eigenvalue weighted by Crippen LogP contribution is -2.46. The summed E-state index contributed by atoms with van der Waals surface area (Å²) in [6.45, 7) is 3.63. The van der Waals surface area contributed by atoms with Gasteiger partial charge in [0.2, 0.25) is 0 Å². The molecule has 2 N–H and O–H groups in total. The van der Waals surface area contributed by atoms with Gasteiger partial charge in [-0.2, -0.15) is 4.31 Å². The van der Waals surface area contributed by atoms with E-state index >= 15 is 0 Å². The zero-order valence-electron chi connectivity index (χ0n) is 10.8. The molecule has 1 aliphatic heterocycles. The molecule has 2 atom stereocenters. The molecule has 0 aromatic carbocycles. The van der Waals surface area contributed by atoms with Crippen molar-refractivity contribution in [2.45, 2.75) is 37.8 Å². The maximum Gasteiger partial charge on any atom is 0.306 e. The van der Waals surface area contributed by atoms with Crippen LogP contribution in [0.25, 0.3) is 0 Å². The molecule has 2 heterocycles. The first kappa shape index (κ1) is 14.0. The minimum Gasteiger partial charge on any atom is -0.481 e. The molecule has 2 rings (SSSR count). The number of carbonyl (C=O) groups is 1. The number of hydrogen-bond donors (Lipinski definition) is 2. The molecular weight excluding hydrogens is 270 g/mol. The number of carboxylic acids is 1. The molecule has 0 saturated carbocycles. The van der Waals surface area contributed by atoms with Crippen LogP contribution < -0.4 is 0 Å². The lowest BCUT2D eigenvalue weighted by atomic mass is 9.93. The van der Waals surface area contributed by atoms with Crippen LogP contribution in [0.3, 0.4) is 0 Å². The number of nitrogens with zero attached hydrogens (tertiary/aromatic N) is 2. The van der Waals surface area contributed by atoms with Crippen LogP contribution in [0, 0.1) is 12.8 Å². The Hall–Kier alpha value is -1.41. The highest BCUT2D eigenvalue weighted by Gasteiger charge is 2.37. The van der Waals surface area contributed by atoms with Crippen LogP contribution in [0.1, 0.15) is 25.6 Å². The molecule has 0 spiro atoms. The van der Waals surface area contributed by atoms with Crippen LogP contribution in [-0.4, -0.2) is 46.4 Å². The first-order valence-corrected chi connectivity index (χ1v) is 7.52. The van der Waals surface area contributed by atoms with Crippen molar-refractivity contribution in [2.75, 3.05) is 6.54 Å². The number of carboxylic acid groups (broad SMARTS) is 1.